The average Bonchev–Trinajstić information content (AvgIpc) is 3.21. The number of carbonyl (C=O) groups excluding carboxylic acids is 3. The van der Waals surface area contributed by atoms with Crippen molar-refractivity contribution in [3.8, 4) is 11.3 Å². The predicted octanol–water partition coefficient (Wildman–Crippen LogP) is 3.65. The first-order valence-electron chi connectivity index (χ1n) is 9.75. The Morgan fingerprint density at radius 1 is 1.00 bits per heavy atom. The van der Waals surface area contributed by atoms with Crippen molar-refractivity contribution in [3.05, 3.63) is 48.2 Å². The molecule has 1 saturated carbocycles. The summed E-state index contributed by atoms with van der Waals surface area (Å²) in [6.07, 6.45) is 5.28. The summed E-state index contributed by atoms with van der Waals surface area (Å²) < 4.78 is 10.7. The number of nitrogens with one attached hydrogen (secondary N) is 1. The second-order valence-corrected chi connectivity index (χ2v) is 7.04. The van der Waals surface area contributed by atoms with E-state index in [4.69, 9.17) is 9.15 Å². The number of ether oxygens (including phenoxy) is 1. The van der Waals surface area contributed by atoms with Crippen LogP contribution in [0.15, 0.2) is 46.9 Å². The molecule has 2 aromatic rings. The molecule has 148 valence electrons. The predicted molar refractivity (Wildman–Crippen MR) is 103 cm³/mol. The third-order valence-corrected chi connectivity index (χ3v) is 4.90. The lowest BCUT2D eigenvalue weighted by Crippen LogP contribution is -2.38. The number of hydrogen-bond donors (Lipinski definition) is 1. The molecule has 1 heterocycles. The summed E-state index contributed by atoms with van der Waals surface area (Å²) >= 11 is 0. The van der Waals surface area contributed by atoms with Crippen molar-refractivity contribution in [2.45, 2.75) is 44.9 Å². The molecule has 1 fully saturated rings. The van der Waals surface area contributed by atoms with Crippen LogP contribution in [0, 0.1) is 5.92 Å². The van der Waals surface area contributed by atoms with Gasteiger partial charge in [-0.1, -0.05) is 49.6 Å². The van der Waals surface area contributed by atoms with Gasteiger partial charge in [0.1, 0.15) is 11.5 Å². The van der Waals surface area contributed by atoms with Crippen LogP contribution in [0.1, 0.15) is 44.3 Å². The highest BCUT2D eigenvalue weighted by atomic mass is 16.5. The monoisotopic (exact) mass is 383 g/mol. The van der Waals surface area contributed by atoms with E-state index in [1.54, 1.807) is 0 Å². The van der Waals surface area contributed by atoms with E-state index in [2.05, 4.69) is 5.32 Å². The molecular weight excluding hydrogens is 358 g/mol. The van der Waals surface area contributed by atoms with Crippen LogP contribution in [-0.2, 0) is 25.5 Å². The first-order valence-corrected chi connectivity index (χ1v) is 9.75. The first kappa shape index (κ1) is 19.9. The Morgan fingerprint density at radius 2 is 1.75 bits per heavy atom. The molecule has 2 amide bonds. The number of amides is 2. The van der Waals surface area contributed by atoms with Gasteiger partial charge in [-0.25, -0.2) is 0 Å². The molecule has 1 N–H and O–H groups in total. The number of furan rings is 1. The molecule has 28 heavy (non-hydrogen) atoms. The minimum atomic E-state index is -0.576. The lowest BCUT2D eigenvalue weighted by atomic mass is 9.89. The number of hydrogen-bond acceptors (Lipinski definition) is 5. The van der Waals surface area contributed by atoms with Crippen molar-refractivity contribution < 1.29 is 23.5 Å². The number of benzene rings is 1. The van der Waals surface area contributed by atoms with Gasteiger partial charge in [0, 0.05) is 17.9 Å². The maximum atomic E-state index is 12.0. The maximum absolute atomic E-state index is 12.0. The van der Waals surface area contributed by atoms with Crippen molar-refractivity contribution in [1.29, 1.82) is 0 Å². The van der Waals surface area contributed by atoms with E-state index >= 15 is 0 Å². The van der Waals surface area contributed by atoms with Gasteiger partial charge in [-0.05, 0) is 25.0 Å². The van der Waals surface area contributed by atoms with Crippen molar-refractivity contribution in [3.63, 3.8) is 0 Å². The summed E-state index contributed by atoms with van der Waals surface area (Å²) in [7, 11) is 0. The normalized spacial score (nSPS) is 14.4. The van der Waals surface area contributed by atoms with Crippen molar-refractivity contribution in [1.82, 2.24) is 5.32 Å². The summed E-state index contributed by atoms with van der Waals surface area (Å²) in [5, 5.41) is 2.33. The Morgan fingerprint density at radius 3 is 2.50 bits per heavy atom. The minimum Gasteiger partial charge on any atom is -0.461 e. The van der Waals surface area contributed by atoms with Gasteiger partial charge in [0.15, 0.2) is 6.61 Å². The lowest BCUT2D eigenvalue weighted by Gasteiger charge is -2.20. The van der Waals surface area contributed by atoms with Gasteiger partial charge in [-0.15, -0.1) is 0 Å². The Balaban J connectivity index is 1.37. The van der Waals surface area contributed by atoms with E-state index < -0.39 is 18.5 Å². The van der Waals surface area contributed by atoms with E-state index in [1.807, 2.05) is 42.5 Å². The Labute approximate surface area is 164 Å². The SMILES string of the molecule is O=C(COC(=O)CCc1ccc(-c2ccccc2)o1)NC(=O)C1CCCCC1. The average molecular weight is 383 g/mol. The number of aryl methyl sites for hydroxylation is 1. The van der Waals surface area contributed by atoms with Crippen LogP contribution in [0.4, 0.5) is 0 Å². The molecule has 0 aliphatic heterocycles. The molecule has 0 bridgehead atoms. The van der Waals surface area contributed by atoms with Gasteiger partial charge < -0.3 is 9.15 Å². The molecule has 0 atom stereocenters. The van der Waals surface area contributed by atoms with Crippen LogP contribution >= 0.6 is 0 Å². The largest absolute Gasteiger partial charge is 0.461 e. The van der Waals surface area contributed by atoms with Crippen molar-refractivity contribution in [2.75, 3.05) is 6.61 Å². The molecule has 1 aliphatic rings. The summed E-state index contributed by atoms with van der Waals surface area (Å²) in [6, 6.07) is 13.4. The molecule has 0 spiro atoms. The van der Waals surface area contributed by atoms with Crippen LogP contribution in [0.2, 0.25) is 0 Å². The molecule has 1 aromatic heterocycles. The van der Waals surface area contributed by atoms with Crippen molar-refractivity contribution in [2.24, 2.45) is 5.92 Å². The topological polar surface area (TPSA) is 85.6 Å². The van der Waals surface area contributed by atoms with E-state index in [1.165, 1.54) is 0 Å². The fourth-order valence-electron chi connectivity index (χ4n) is 3.35. The lowest BCUT2D eigenvalue weighted by molar-refractivity contribution is -0.150. The Kier molecular flexibility index (Phi) is 7.00. The summed E-state index contributed by atoms with van der Waals surface area (Å²) in [5.74, 6) is -0.0283. The van der Waals surface area contributed by atoms with Gasteiger partial charge >= 0.3 is 5.97 Å². The number of rotatable bonds is 7. The molecule has 0 radical (unpaired) electrons. The highest BCUT2D eigenvalue weighted by Gasteiger charge is 2.23. The Hall–Kier alpha value is -2.89. The van der Waals surface area contributed by atoms with E-state index in [0.29, 0.717) is 12.2 Å². The third-order valence-electron chi connectivity index (χ3n) is 4.90. The highest BCUT2D eigenvalue weighted by Crippen LogP contribution is 2.24. The van der Waals surface area contributed by atoms with E-state index in [-0.39, 0.29) is 18.2 Å². The second kappa shape index (κ2) is 9.88. The Bertz CT molecular complexity index is 805. The fourth-order valence-corrected chi connectivity index (χ4v) is 3.35. The molecular formula is C22H25NO5. The third kappa shape index (κ3) is 5.81. The summed E-state index contributed by atoms with van der Waals surface area (Å²) in [5.41, 5.74) is 0.968. The van der Waals surface area contributed by atoms with Gasteiger partial charge in [0.05, 0.1) is 6.42 Å². The smallest absolute Gasteiger partial charge is 0.306 e. The van der Waals surface area contributed by atoms with Gasteiger partial charge in [-0.3, -0.25) is 19.7 Å². The molecule has 0 saturated heterocycles. The zero-order valence-corrected chi connectivity index (χ0v) is 15.8. The van der Waals surface area contributed by atoms with Gasteiger partial charge in [0.2, 0.25) is 5.91 Å². The summed E-state index contributed by atoms with van der Waals surface area (Å²) in [6.45, 7) is -0.440. The first-order chi connectivity index (χ1) is 13.6. The molecule has 0 unspecified atom stereocenters. The fraction of sp³-hybridized carbons (Fsp3) is 0.409. The number of esters is 1. The van der Waals surface area contributed by atoms with Crippen LogP contribution < -0.4 is 5.32 Å². The minimum absolute atomic E-state index is 0.103. The standard InChI is InChI=1S/C22H25NO5/c24-20(23-22(26)17-9-5-2-6-10-17)15-27-21(25)14-12-18-11-13-19(28-18)16-7-3-1-4-8-16/h1,3-4,7-8,11,13,17H,2,5-6,9-10,12,14-15H2,(H,23,24,26). The molecule has 6 heteroatoms. The van der Waals surface area contributed by atoms with Crippen LogP contribution in [0.3, 0.4) is 0 Å². The summed E-state index contributed by atoms with van der Waals surface area (Å²) in [4.78, 5) is 35.7. The van der Waals surface area contributed by atoms with Crippen LogP contribution in [-0.4, -0.2) is 24.4 Å². The molecule has 3 rings (SSSR count). The van der Waals surface area contributed by atoms with Crippen LogP contribution in [0.25, 0.3) is 11.3 Å². The highest BCUT2D eigenvalue weighted by molar-refractivity contribution is 5.97. The zero-order valence-electron chi connectivity index (χ0n) is 15.8. The van der Waals surface area contributed by atoms with Gasteiger partial charge in [-0.2, -0.15) is 0 Å². The van der Waals surface area contributed by atoms with E-state index in [0.717, 1.165) is 43.4 Å². The van der Waals surface area contributed by atoms with E-state index in [9.17, 15) is 14.4 Å². The number of carbonyl (C=O) groups is 3. The molecule has 1 aromatic carbocycles. The second-order valence-electron chi connectivity index (χ2n) is 7.04. The molecule has 6 nitrogen and oxygen atoms in total. The van der Waals surface area contributed by atoms with Gasteiger partial charge in [0.25, 0.3) is 5.91 Å². The zero-order chi connectivity index (χ0) is 19.8. The number of imide groups is 1. The van der Waals surface area contributed by atoms with Crippen LogP contribution in [0.5, 0.6) is 0 Å². The quantitative estimate of drug-likeness (QED) is 0.738. The maximum Gasteiger partial charge on any atom is 0.306 e. The van der Waals surface area contributed by atoms with Crippen molar-refractivity contribution >= 4 is 17.8 Å². The molecule has 1 aliphatic carbocycles.